The standard InChI is InChI=1S/C15H15FOS/c1-10-6-8-12(9-7-10)18-14-5-3-4-13(16)15(14)11(2)17/h3-9,11,17H,1-2H3/t11-/m0/s1. The van der Waals surface area contributed by atoms with Crippen molar-refractivity contribution < 1.29 is 9.50 Å². The van der Waals surface area contributed by atoms with Crippen molar-refractivity contribution in [1.29, 1.82) is 0 Å². The smallest absolute Gasteiger partial charge is 0.130 e. The van der Waals surface area contributed by atoms with Gasteiger partial charge in [0.25, 0.3) is 0 Å². The molecule has 94 valence electrons. The molecule has 2 aromatic rings. The van der Waals surface area contributed by atoms with Crippen LogP contribution in [0.25, 0.3) is 0 Å². The molecule has 0 heterocycles. The summed E-state index contributed by atoms with van der Waals surface area (Å²) in [5.41, 5.74) is 1.55. The molecule has 0 spiro atoms. The van der Waals surface area contributed by atoms with Crippen LogP contribution < -0.4 is 0 Å². The first-order valence-corrected chi connectivity index (χ1v) is 6.60. The molecule has 0 aliphatic heterocycles. The highest BCUT2D eigenvalue weighted by molar-refractivity contribution is 7.99. The van der Waals surface area contributed by atoms with Gasteiger partial charge in [-0.3, -0.25) is 0 Å². The summed E-state index contributed by atoms with van der Waals surface area (Å²) >= 11 is 1.47. The van der Waals surface area contributed by atoms with Gasteiger partial charge in [0, 0.05) is 15.4 Å². The zero-order valence-electron chi connectivity index (χ0n) is 10.4. The monoisotopic (exact) mass is 262 g/mol. The van der Waals surface area contributed by atoms with Gasteiger partial charge in [0.05, 0.1) is 6.10 Å². The molecule has 18 heavy (non-hydrogen) atoms. The number of halogens is 1. The fourth-order valence-corrected chi connectivity index (χ4v) is 2.80. The van der Waals surface area contributed by atoms with E-state index >= 15 is 0 Å². The maximum absolute atomic E-state index is 13.7. The van der Waals surface area contributed by atoms with Gasteiger partial charge < -0.3 is 5.11 Å². The highest BCUT2D eigenvalue weighted by Crippen LogP contribution is 2.34. The number of benzene rings is 2. The van der Waals surface area contributed by atoms with E-state index < -0.39 is 6.10 Å². The molecular weight excluding hydrogens is 247 g/mol. The van der Waals surface area contributed by atoms with Crippen LogP contribution in [0.3, 0.4) is 0 Å². The summed E-state index contributed by atoms with van der Waals surface area (Å²) in [6.45, 7) is 3.61. The van der Waals surface area contributed by atoms with E-state index in [1.807, 2.05) is 37.3 Å². The minimum Gasteiger partial charge on any atom is -0.389 e. The lowest BCUT2D eigenvalue weighted by atomic mass is 10.1. The van der Waals surface area contributed by atoms with Crippen LogP contribution in [0.1, 0.15) is 24.2 Å². The fourth-order valence-electron chi connectivity index (χ4n) is 1.74. The predicted octanol–water partition coefficient (Wildman–Crippen LogP) is 4.34. The van der Waals surface area contributed by atoms with Crippen molar-refractivity contribution in [1.82, 2.24) is 0 Å². The summed E-state index contributed by atoms with van der Waals surface area (Å²) < 4.78 is 13.7. The maximum Gasteiger partial charge on any atom is 0.130 e. The topological polar surface area (TPSA) is 20.2 Å². The average molecular weight is 262 g/mol. The van der Waals surface area contributed by atoms with E-state index in [2.05, 4.69) is 0 Å². The summed E-state index contributed by atoms with van der Waals surface area (Å²) in [7, 11) is 0. The number of aliphatic hydroxyl groups is 1. The Balaban J connectivity index is 2.34. The van der Waals surface area contributed by atoms with E-state index in [4.69, 9.17) is 0 Å². The molecule has 0 fully saturated rings. The van der Waals surface area contributed by atoms with Gasteiger partial charge in [-0.05, 0) is 38.1 Å². The normalized spacial score (nSPS) is 12.4. The van der Waals surface area contributed by atoms with Crippen LogP contribution in [0.4, 0.5) is 4.39 Å². The first kappa shape index (κ1) is 13.1. The predicted molar refractivity (Wildman–Crippen MR) is 72.3 cm³/mol. The zero-order valence-corrected chi connectivity index (χ0v) is 11.2. The molecule has 1 N–H and O–H groups in total. The second-order valence-corrected chi connectivity index (χ2v) is 5.36. The summed E-state index contributed by atoms with van der Waals surface area (Å²) in [5.74, 6) is -0.359. The lowest BCUT2D eigenvalue weighted by Gasteiger charge is -2.12. The van der Waals surface area contributed by atoms with Gasteiger partial charge in [0.1, 0.15) is 5.82 Å². The summed E-state index contributed by atoms with van der Waals surface area (Å²) in [6, 6.07) is 12.9. The summed E-state index contributed by atoms with van der Waals surface area (Å²) in [4.78, 5) is 1.79. The highest BCUT2D eigenvalue weighted by atomic mass is 32.2. The van der Waals surface area contributed by atoms with Crippen LogP contribution in [0, 0.1) is 12.7 Å². The van der Waals surface area contributed by atoms with Gasteiger partial charge in [-0.15, -0.1) is 0 Å². The zero-order chi connectivity index (χ0) is 13.1. The molecule has 0 radical (unpaired) electrons. The van der Waals surface area contributed by atoms with Crippen molar-refractivity contribution >= 4 is 11.8 Å². The number of aliphatic hydroxyl groups excluding tert-OH is 1. The van der Waals surface area contributed by atoms with E-state index in [-0.39, 0.29) is 5.82 Å². The van der Waals surface area contributed by atoms with Crippen molar-refractivity contribution in [3.8, 4) is 0 Å². The molecule has 1 atom stereocenters. The molecule has 0 saturated heterocycles. The van der Waals surface area contributed by atoms with Gasteiger partial charge in [0.15, 0.2) is 0 Å². The molecule has 0 aliphatic carbocycles. The van der Waals surface area contributed by atoms with Crippen molar-refractivity contribution in [2.45, 2.75) is 29.7 Å². The fraction of sp³-hybridized carbons (Fsp3) is 0.200. The molecular formula is C15H15FOS. The van der Waals surface area contributed by atoms with Crippen LogP contribution in [0.5, 0.6) is 0 Å². The number of aryl methyl sites for hydroxylation is 1. The van der Waals surface area contributed by atoms with Crippen molar-refractivity contribution in [2.24, 2.45) is 0 Å². The molecule has 0 amide bonds. The first-order chi connectivity index (χ1) is 8.58. The largest absolute Gasteiger partial charge is 0.389 e. The third-order valence-electron chi connectivity index (χ3n) is 2.68. The Labute approximate surface area is 111 Å². The van der Waals surface area contributed by atoms with Crippen LogP contribution >= 0.6 is 11.8 Å². The first-order valence-electron chi connectivity index (χ1n) is 5.79. The molecule has 0 saturated carbocycles. The third-order valence-corrected chi connectivity index (χ3v) is 3.76. The Morgan fingerprint density at radius 3 is 2.39 bits per heavy atom. The minimum atomic E-state index is -0.806. The van der Waals surface area contributed by atoms with E-state index in [0.29, 0.717) is 5.56 Å². The van der Waals surface area contributed by atoms with E-state index in [1.54, 1.807) is 13.0 Å². The second kappa shape index (κ2) is 5.55. The van der Waals surface area contributed by atoms with Gasteiger partial charge in [-0.25, -0.2) is 4.39 Å². The van der Waals surface area contributed by atoms with Crippen molar-refractivity contribution in [2.75, 3.05) is 0 Å². The Morgan fingerprint density at radius 1 is 1.11 bits per heavy atom. The van der Waals surface area contributed by atoms with Crippen LogP contribution in [-0.2, 0) is 0 Å². The quantitative estimate of drug-likeness (QED) is 0.888. The molecule has 0 aromatic heterocycles. The van der Waals surface area contributed by atoms with E-state index in [1.165, 1.54) is 23.4 Å². The minimum absolute atomic E-state index is 0.359. The van der Waals surface area contributed by atoms with Gasteiger partial charge in [-0.2, -0.15) is 0 Å². The van der Waals surface area contributed by atoms with Crippen LogP contribution in [0.15, 0.2) is 52.3 Å². The maximum atomic E-state index is 13.7. The van der Waals surface area contributed by atoms with Crippen LogP contribution in [-0.4, -0.2) is 5.11 Å². The van der Waals surface area contributed by atoms with Gasteiger partial charge in [-0.1, -0.05) is 35.5 Å². The summed E-state index contributed by atoms with van der Waals surface area (Å²) in [5, 5.41) is 9.65. The third kappa shape index (κ3) is 2.92. The molecule has 0 unspecified atom stereocenters. The summed E-state index contributed by atoms with van der Waals surface area (Å²) in [6.07, 6.45) is -0.806. The molecule has 0 aliphatic rings. The average Bonchev–Trinajstić information content (AvgIpc) is 2.32. The van der Waals surface area contributed by atoms with Crippen molar-refractivity contribution in [3.63, 3.8) is 0 Å². The Bertz CT molecular complexity index is 535. The number of rotatable bonds is 3. The van der Waals surface area contributed by atoms with Crippen molar-refractivity contribution in [3.05, 3.63) is 59.4 Å². The number of hydrogen-bond acceptors (Lipinski definition) is 2. The second-order valence-electron chi connectivity index (χ2n) is 4.24. The van der Waals surface area contributed by atoms with E-state index in [0.717, 1.165) is 9.79 Å². The SMILES string of the molecule is Cc1ccc(Sc2cccc(F)c2[C@H](C)O)cc1. The van der Waals surface area contributed by atoms with Gasteiger partial charge >= 0.3 is 0 Å². The molecule has 2 rings (SSSR count). The highest BCUT2D eigenvalue weighted by Gasteiger charge is 2.14. The molecule has 2 aromatic carbocycles. The molecule has 0 bridgehead atoms. The Kier molecular flexibility index (Phi) is 4.04. The lowest BCUT2D eigenvalue weighted by molar-refractivity contribution is 0.191. The van der Waals surface area contributed by atoms with Gasteiger partial charge in [0.2, 0.25) is 0 Å². The molecule has 3 heteroatoms. The van der Waals surface area contributed by atoms with Crippen LogP contribution in [0.2, 0.25) is 0 Å². The lowest BCUT2D eigenvalue weighted by Crippen LogP contribution is -1.98. The Hall–Kier alpha value is -1.32. The molecule has 1 nitrogen and oxygen atoms in total. The van der Waals surface area contributed by atoms with E-state index in [9.17, 15) is 9.50 Å². The Morgan fingerprint density at radius 2 is 1.78 bits per heavy atom. The number of hydrogen-bond donors (Lipinski definition) is 1.